The van der Waals surface area contributed by atoms with Crippen LogP contribution in [-0.4, -0.2) is 33.4 Å². The molecule has 1 aromatic rings. The van der Waals surface area contributed by atoms with Crippen molar-refractivity contribution in [1.29, 1.82) is 0 Å². The molecule has 2 heterocycles. The third-order valence-electron chi connectivity index (χ3n) is 4.36. The van der Waals surface area contributed by atoms with E-state index in [0.717, 1.165) is 42.4 Å². The summed E-state index contributed by atoms with van der Waals surface area (Å²) >= 11 is 3.59. The zero-order valence-corrected chi connectivity index (χ0v) is 12.8. The largest absolute Gasteiger partial charge is 0.496 e. The molecule has 1 aromatic carbocycles. The van der Waals surface area contributed by atoms with Crippen LogP contribution in [0.1, 0.15) is 18.4 Å². The third kappa shape index (κ3) is 2.54. The van der Waals surface area contributed by atoms with Crippen LogP contribution < -0.4 is 10.1 Å². The van der Waals surface area contributed by atoms with Gasteiger partial charge in [-0.2, -0.15) is 0 Å². The number of methoxy groups -OCH3 is 1. The average Bonchev–Trinajstić information content (AvgIpc) is 2.86. The van der Waals surface area contributed by atoms with Crippen molar-refractivity contribution < 1.29 is 9.47 Å². The average molecular weight is 326 g/mol. The Morgan fingerprint density at radius 1 is 1.47 bits per heavy atom. The van der Waals surface area contributed by atoms with E-state index in [2.05, 4.69) is 33.4 Å². The first-order valence-electron chi connectivity index (χ1n) is 6.86. The molecule has 2 aliphatic rings. The molecule has 3 nitrogen and oxygen atoms in total. The highest BCUT2D eigenvalue weighted by atomic mass is 79.9. The predicted molar refractivity (Wildman–Crippen MR) is 78.8 cm³/mol. The number of halogens is 1. The molecule has 0 saturated carbocycles. The van der Waals surface area contributed by atoms with Crippen molar-refractivity contribution in [1.82, 2.24) is 5.32 Å². The summed E-state index contributed by atoms with van der Waals surface area (Å²) < 4.78 is 11.9. The molecule has 104 valence electrons. The Bertz CT molecular complexity index is 453. The molecule has 0 spiro atoms. The van der Waals surface area contributed by atoms with Gasteiger partial charge in [0, 0.05) is 5.41 Å². The molecular weight excluding hydrogens is 306 g/mol. The summed E-state index contributed by atoms with van der Waals surface area (Å²) in [5.41, 5.74) is 1.59. The van der Waals surface area contributed by atoms with Gasteiger partial charge < -0.3 is 14.8 Å². The number of ether oxygens (including phenoxy) is 2. The second-order valence-corrected chi connectivity index (χ2v) is 6.54. The second-order valence-electron chi connectivity index (χ2n) is 5.69. The number of benzene rings is 1. The molecule has 4 heteroatoms. The van der Waals surface area contributed by atoms with Gasteiger partial charge in [0.05, 0.1) is 24.8 Å². The summed E-state index contributed by atoms with van der Waals surface area (Å²) in [7, 11) is 1.70. The lowest BCUT2D eigenvalue weighted by atomic mass is 9.72. The van der Waals surface area contributed by atoms with Crippen LogP contribution in [0.4, 0.5) is 0 Å². The highest BCUT2D eigenvalue weighted by Crippen LogP contribution is 2.41. The molecule has 3 rings (SSSR count). The van der Waals surface area contributed by atoms with E-state index in [1.54, 1.807) is 7.11 Å². The van der Waals surface area contributed by atoms with Crippen molar-refractivity contribution in [2.45, 2.75) is 18.3 Å². The highest BCUT2D eigenvalue weighted by molar-refractivity contribution is 9.10. The van der Waals surface area contributed by atoms with Crippen molar-refractivity contribution in [3.8, 4) is 5.75 Å². The zero-order valence-electron chi connectivity index (χ0n) is 11.2. The molecule has 0 bridgehead atoms. The summed E-state index contributed by atoms with van der Waals surface area (Å²) in [6.07, 6.45) is 2.51. The number of rotatable bonds is 4. The van der Waals surface area contributed by atoms with Gasteiger partial charge in [-0.15, -0.1) is 0 Å². The molecule has 0 amide bonds. The summed E-state index contributed by atoms with van der Waals surface area (Å²) in [4.78, 5) is 0. The zero-order chi connectivity index (χ0) is 13.3. The quantitative estimate of drug-likeness (QED) is 0.923. The van der Waals surface area contributed by atoms with Crippen LogP contribution in [0.5, 0.6) is 5.75 Å². The van der Waals surface area contributed by atoms with Gasteiger partial charge in [0.2, 0.25) is 0 Å². The number of nitrogens with one attached hydrogen (secondary N) is 1. The molecule has 0 aromatic heterocycles. The first-order chi connectivity index (χ1) is 9.23. The van der Waals surface area contributed by atoms with Gasteiger partial charge in [-0.1, -0.05) is 6.07 Å². The summed E-state index contributed by atoms with van der Waals surface area (Å²) in [5.74, 6) is 1.67. The molecule has 1 unspecified atom stereocenters. The first kappa shape index (κ1) is 13.4. The van der Waals surface area contributed by atoms with E-state index in [0.29, 0.717) is 0 Å². The minimum absolute atomic E-state index is 0.214. The lowest BCUT2D eigenvalue weighted by Gasteiger charge is -2.43. The van der Waals surface area contributed by atoms with E-state index in [4.69, 9.17) is 9.47 Å². The van der Waals surface area contributed by atoms with Gasteiger partial charge in [-0.3, -0.25) is 0 Å². The summed E-state index contributed by atoms with van der Waals surface area (Å²) in [6.45, 7) is 4.01. The Morgan fingerprint density at radius 2 is 2.32 bits per heavy atom. The second kappa shape index (κ2) is 5.43. The van der Waals surface area contributed by atoms with Crippen LogP contribution in [0.25, 0.3) is 0 Å². The van der Waals surface area contributed by atoms with Gasteiger partial charge in [-0.25, -0.2) is 0 Å². The molecule has 1 atom stereocenters. The fraction of sp³-hybridized carbons (Fsp3) is 0.600. The fourth-order valence-electron chi connectivity index (χ4n) is 3.19. The topological polar surface area (TPSA) is 30.5 Å². The maximum Gasteiger partial charge on any atom is 0.133 e. The normalized spacial score (nSPS) is 25.1. The molecule has 2 saturated heterocycles. The van der Waals surface area contributed by atoms with E-state index < -0.39 is 0 Å². The SMILES string of the molecule is COc1ccc(C2(CC3CCNC3)COC2)cc1Br. The Kier molecular flexibility index (Phi) is 3.83. The molecule has 0 aliphatic carbocycles. The van der Waals surface area contributed by atoms with Crippen LogP contribution in [0.15, 0.2) is 22.7 Å². The molecule has 1 N–H and O–H groups in total. The van der Waals surface area contributed by atoms with Crippen LogP contribution in [-0.2, 0) is 10.2 Å². The smallest absolute Gasteiger partial charge is 0.133 e. The van der Waals surface area contributed by atoms with Gasteiger partial charge in [-0.05, 0) is 65.5 Å². The summed E-state index contributed by atoms with van der Waals surface area (Å²) in [6, 6.07) is 6.44. The lowest BCUT2D eigenvalue weighted by Crippen LogP contribution is -2.48. The first-order valence-corrected chi connectivity index (χ1v) is 7.65. The van der Waals surface area contributed by atoms with Gasteiger partial charge >= 0.3 is 0 Å². The number of hydrogen-bond acceptors (Lipinski definition) is 3. The maximum absolute atomic E-state index is 5.53. The van der Waals surface area contributed by atoms with E-state index in [9.17, 15) is 0 Å². The van der Waals surface area contributed by atoms with E-state index in [-0.39, 0.29) is 5.41 Å². The standard InChI is InChI=1S/C15H20BrNO2/c1-18-14-3-2-12(6-13(14)16)15(9-19-10-15)7-11-4-5-17-8-11/h2-3,6,11,17H,4-5,7-10H2,1H3. The monoisotopic (exact) mass is 325 g/mol. The van der Waals surface area contributed by atoms with Crippen molar-refractivity contribution in [3.05, 3.63) is 28.2 Å². The Balaban J connectivity index is 1.82. The molecule has 2 aliphatic heterocycles. The Morgan fingerprint density at radius 3 is 2.84 bits per heavy atom. The van der Waals surface area contributed by atoms with Crippen molar-refractivity contribution >= 4 is 15.9 Å². The molecule has 2 fully saturated rings. The van der Waals surface area contributed by atoms with Gasteiger partial charge in [0.1, 0.15) is 5.75 Å². The van der Waals surface area contributed by atoms with Crippen LogP contribution in [0, 0.1) is 5.92 Å². The van der Waals surface area contributed by atoms with Crippen LogP contribution >= 0.6 is 15.9 Å². The summed E-state index contributed by atoms with van der Waals surface area (Å²) in [5, 5.41) is 3.45. The maximum atomic E-state index is 5.53. The van der Waals surface area contributed by atoms with E-state index in [1.807, 2.05) is 6.07 Å². The third-order valence-corrected chi connectivity index (χ3v) is 4.98. The van der Waals surface area contributed by atoms with Gasteiger partial charge in [0.15, 0.2) is 0 Å². The molecule has 19 heavy (non-hydrogen) atoms. The van der Waals surface area contributed by atoms with Crippen LogP contribution in [0.3, 0.4) is 0 Å². The lowest BCUT2D eigenvalue weighted by molar-refractivity contribution is -0.0706. The fourth-order valence-corrected chi connectivity index (χ4v) is 3.73. The van der Waals surface area contributed by atoms with Crippen molar-refractivity contribution in [2.75, 3.05) is 33.4 Å². The van der Waals surface area contributed by atoms with E-state index in [1.165, 1.54) is 18.4 Å². The van der Waals surface area contributed by atoms with E-state index >= 15 is 0 Å². The Labute approximate surface area is 122 Å². The predicted octanol–water partition coefficient (Wildman–Crippen LogP) is 2.73. The van der Waals surface area contributed by atoms with Crippen molar-refractivity contribution in [3.63, 3.8) is 0 Å². The number of hydrogen-bond donors (Lipinski definition) is 1. The van der Waals surface area contributed by atoms with Crippen LogP contribution in [0.2, 0.25) is 0 Å². The van der Waals surface area contributed by atoms with Gasteiger partial charge in [0.25, 0.3) is 0 Å². The molecule has 0 radical (unpaired) electrons. The minimum Gasteiger partial charge on any atom is -0.496 e. The molecular formula is C15H20BrNO2. The highest BCUT2D eigenvalue weighted by Gasteiger charge is 2.42. The Hall–Kier alpha value is -0.580. The minimum atomic E-state index is 0.214. The van der Waals surface area contributed by atoms with Crippen molar-refractivity contribution in [2.24, 2.45) is 5.92 Å².